The van der Waals surface area contributed by atoms with Gasteiger partial charge in [-0.25, -0.2) is 0 Å². The van der Waals surface area contributed by atoms with Crippen LogP contribution in [0.25, 0.3) is 0 Å². The van der Waals surface area contributed by atoms with Crippen LogP contribution in [-0.4, -0.2) is 12.0 Å². The van der Waals surface area contributed by atoms with Crippen molar-refractivity contribution >= 4 is 11.6 Å². The molecule has 3 nitrogen and oxygen atoms in total. The number of benzene rings is 2. The van der Waals surface area contributed by atoms with Gasteiger partial charge in [-0.15, -0.1) is 0 Å². The average Bonchev–Trinajstić information content (AvgIpc) is 2.51. The van der Waals surface area contributed by atoms with Crippen LogP contribution in [0.15, 0.2) is 42.5 Å². The fourth-order valence-electron chi connectivity index (χ4n) is 2.81. The number of anilines is 1. The van der Waals surface area contributed by atoms with Crippen molar-refractivity contribution in [2.75, 3.05) is 5.32 Å². The summed E-state index contributed by atoms with van der Waals surface area (Å²) in [6, 6.07) is 13.9. The highest BCUT2D eigenvalue weighted by atomic mass is 16.5. The monoisotopic (exact) mass is 325 g/mol. The number of hydrogen-bond donors (Lipinski definition) is 1. The molecule has 3 heteroatoms. The van der Waals surface area contributed by atoms with Crippen LogP contribution in [0.3, 0.4) is 0 Å². The summed E-state index contributed by atoms with van der Waals surface area (Å²) in [5, 5.41) is 3.03. The highest BCUT2D eigenvalue weighted by molar-refractivity contribution is 5.95. The average molecular weight is 325 g/mol. The van der Waals surface area contributed by atoms with Gasteiger partial charge in [0.05, 0.1) is 0 Å². The van der Waals surface area contributed by atoms with Crippen LogP contribution in [0, 0.1) is 13.8 Å². The van der Waals surface area contributed by atoms with Gasteiger partial charge >= 0.3 is 0 Å². The minimum atomic E-state index is -0.508. The number of nitrogens with one attached hydrogen (secondary N) is 1. The van der Waals surface area contributed by atoms with Crippen LogP contribution in [-0.2, 0) is 4.79 Å². The molecule has 2 rings (SSSR count). The van der Waals surface area contributed by atoms with Gasteiger partial charge in [-0.2, -0.15) is 0 Å². The van der Waals surface area contributed by atoms with E-state index >= 15 is 0 Å². The first-order valence-electron chi connectivity index (χ1n) is 8.55. The van der Waals surface area contributed by atoms with E-state index in [1.54, 1.807) is 0 Å². The van der Waals surface area contributed by atoms with Crippen LogP contribution in [0.4, 0.5) is 5.69 Å². The summed E-state index contributed by atoms with van der Waals surface area (Å²) in [6.07, 6.45) is 0.106. The van der Waals surface area contributed by atoms with E-state index < -0.39 is 6.10 Å². The third-order valence-electron chi connectivity index (χ3n) is 3.98. The van der Waals surface area contributed by atoms with Crippen LogP contribution >= 0.6 is 0 Å². The number of amides is 1. The molecule has 1 unspecified atom stereocenters. The molecule has 0 heterocycles. The Morgan fingerprint density at radius 2 is 1.71 bits per heavy atom. The molecular formula is C21H27NO2. The molecule has 0 spiro atoms. The van der Waals surface area contributed by atoms with Gasteiger partial charge in [0.2, 0.25) is 0 Å². The molecule has 0 radical (unpaired) electrons. The number of rotatable bonds is 6. The van der Waals surface area contributed by atoms with Gasteiger partial charge in [-0.05, 0) is 61.1 Å². The Morgan fingerprint density at radius 3 is 2.29 bits per heavy atom. The van der Waals surface area contributed by atoms with Crippen molar-refractivity contribution in [3.8, 4) is 5.75 Å². The fourth-order valence-corrected chi connectivity index (χ4v) is 2.81. The third kappa shape index (κ3) is 4.60. The van der Waals surface area contributed by atoms with Gasteiger partial charge in [0.15, 0.2) is 6.10 Å². The zero-order chi connectivity index (χ0) is 17.7. The van der Waals surface area contributed by atoms with Crippen molar-refractivity contribution in [2.24, 2.45) is 0 Å². The third-order valence-corrected chi connectivity index (χ3v) is 3.98. The van der Waals surface area contributed by atoms with Crippen molar-refractivity contribution in [2.45, 2.75) is 53.1 Å². The number of ether oxygens (including phenoxy) is 1. The predicted molar refractivity (Wildman–Crippen MR) is 99.8 cm³/mol. The topological polar surface area (TPSA) is 38.3 Å². The van der Waals surface area contributed by atoms with Crippen LogP contribution in [0.2, 0.25) is 0 Å². The van der Waals surface area contributed by atoms with Crippen molar-refractivity contribution in [3.63, 3.8) is 0 Å². The molecule has 2 aromatic rings. The van der Waals surface area contributed by atoms with Crippen molar-refractivity contribution in [3.05, 3.63) is 59.2 Å². The molecule has 0 bridgehead atoms. The Hall–Kier alpha value is -2.29. The highest BCUT2D eigenvalue weighted by Gasteiger charge is 2.20. The normalized spacial score (nSPS) is 12.1. The van der Waals surface area contributed by atoms with Crippen LogP contribution < -0.4 is 10.1 Å². The Kier molecular flexibility index (Phi) is 6.02. The zero-order valence-electron chi connectivity index (χ0n) is 15.2. The van der Waals surface area contributed by atoms with E-state index in [0.29, 0.717) is 12.3 Å². The molecule has 1 amide bonds. The summed E-state index contributed by atoms with van der Waals surface area (Å²) in [7, 11) is 0. The van der Waals surface area contributed by atoms with Gasteiger partial charge in [-0.1, -0.05) is 45.0 Å². The molecule has 1 N–H and O–H groups in total. The minimum absolute atomic E-state index is 0.107. The molecule has 0 fully saturated rings. The maximum Gasteiger partial charge on any atom is 0.265 e. The Morgan fingerprint density at radius 1 is 1.08 bits per heavy atom. The quantitative estimate of drug-likeness (QED) is 0.790. The smallest absolute Gasteiger partial charge is 0.265 e. The Labute approximate surface area is 145 Å². The van der Waals surface area contributed by atoms with Gasteiger partial charge in [0, 0.05) is 5.69 Å². The van der Waals surface area contributed by atoms with Crippen molar-refractivity contribution in [1.82, 2.24) is 0 Å². The number of hydrogen-bond acceptors (Lipinski definition) is 2. The lowest BCUT2D eigenvalue weighted by molar-refractivity contribution is -0.122. The predicted octanol–water partition coefficient (Wildman–Crippen LogP) is 5.22. The lowest BCUT2D eigenvalue weighted by Gasteiger charge is -2.20. The van der Waals surface area contributed by atoms with Crippen molar-refractivity contribution < 1.29 is 9.53 Å². The summed E-state index contributed by atoms with van der Waals surface area (Å²) >= 11 is 0. The van der Waals surface area contributed by atoms with Gasteiger partial charge in [0.25, 0.3) is 5.91 Å². The van der Waals surface area contributed by atoms with E-state index in [1.807, 2.05) is 57.2 Å². The van der Waals surface area contributed by atoms with E-state index in [1.165, 1.54) is 0 Å². The lowest BCUT2D eigenvalue weighted by Crippen LogP contribution is -2.32. The molecule has 128 valence electrons. The lowest BCUT2D eigenvalue weighted by atomic mass is 10.0. The van der Waals surface area contributed by atoms with Gasteiger partial charge < -0.3 is 10.1 Å². The second-order valence-corrected chi connectivity index (χ2v) is 6.57. The fraction of sp³-hybridized carbons (Fsp3) is 0.381. The summed E-state index contributed by atoms with van der Waals surface area (Å²) in [4.78, 5) is 12.7. The molecule has 0 aliphatic rings. The molecule has 1 atom stereocenters. The maximum absolute atomic E-state index is 12.7. The van der Waals surface area contributed by atoms with Crippen LogP contribution in [0.1, 0.15) is 49.8 Å². The summed E-state index contributed by atoms with van der Waals surface area (Å²) < 4.78 is 5.95. The molecule has 0 aliphatic heterocycles. The number of carbonyl (C=O) groups excluding carboxylic acids is 1. The minimum Gasteiger partial charge on any atom is -0.481 e. The first-order chi connectivity index (χ1) is 11.4. The van der Waals surface area contributed by atoms with E-state index in [9.17, 15) is 4.79 Å². The largest absolute Gasteiger partial charge is 0.481 e. The van der Waals surface area contributed by atoms with E-state index in [2.05, 4.69) is 25.2 Å². The van der Waals surface area contributed by atoms with E-state index in [0.717, 1.165) is 28.1 Å². The molecule has 0 aliphatic carbocycles. The molecule has 0 saturated heterocycles. The van der Waals surface area contributed by atoms with E-state index in [-0.39, 0.29) is 5.91 Å². The van der Waals surface area contributed by atoms with Crippen molar-refractivity contribution in [1.29, 1.82) is 0 Å². The van der Waals surface area contributed by atoms with Gasteiger partial charge in [0.1, 0.15) is 5.75 Å². The zero-order valence-corrected chi connectivity index (χ0v) is 15.2. The number of carbonyl (C=O) groups is 1. The Balaban J connectivity index is 2.15. The summed E-state index contributed by atoms with van der Waals surface area (Å²) in [5.41, 5.74) is 4.25. The molecular weight excluding hydrogens is 298 g/mol. The van der Waals surface area contributed by atoms with Crippen LogP contribution in [0.5, 0.6) is 5.75 Å². The Bertz CT molecular complexity index is 686. The maximum atomic E-state index is 12.7. The number of aryl methyl sites for hydroxylation is 2. The first kappa shape index (κ1) is 18.1. The van der Waals surface area contributed by atoms with Gasteiger partial charge in [-0.3, -0.25) is 4.79 Å². The number of para-hydroxylation sites is 1. The second-order valence-electron chi connectivity index (χ2n) is 6.57. The molecule has 24 heavy (non-hydrogen) atoms. The summed E-state index contributed by atoms with van der Waals surface area (Å²) in [5.74, 6) is 0.985. The molecule has 0 aromatic heterocycles. The SMILES string of the molecule is CCC(Oc1cc(C)cc(C)c1)C(=O)Nc1ccccc1C(C)C. The summed E-state index contributed by atoms with van der Waals surface area (Å²) in [6.45, 7) is 10.3. The first-order valence-corrected chi connectivity index (χ1v) is 8.55. The standard InChI is InChI=1S/C21H27NO2/c1-6-20(24-17-12-15(4)11-16(5)13-17)21(23)22-19-10-8-7-9-18(19)14(2)3/h7-14,20H,6H2,1-5H3,(H,22,23). The second kappa shape index (κ2) is 8.00. The molecule has 2 aromatic carbocycles. The van der Waals surface area contributed by atoms with E-state index in [4.69, 9.17) is 4.74 Å². The highest BCUT2D eigenvalue weighted by Crippen LogP contribution is 2.24. The molecule has 0 saturated carbocycles.